The minimum atomic E-state index is 0.0538. The van der Waals surface area contributed by atoms with Crippen molar-refractivity contribution in [1.82, 2.24) is 4.98 Å². The summed E-state index contributed by atoms with van der Waals surface area (Å²) in [5.74, 6) is 0.601. The van der Waals surface area contributed by atoms with Crippen LogP contribution < -0.4 is 4.74 Å². The van der Waals surface area contributed by atoms with E-state index < -0.39 is 0 Å². The second kappa shape index (κ2) is 4.97. The molecule has 1 aromatic carbocycles. The molecule has 2 rings (SSSR count). The fourth-order valence-corrected chi connectivity index (χ4v) is 1.79. The first-order valence-electron chi connectivity index (χ1n) is 5.45. The lowest BCUT2D eigenvalue weighted by molar-refractivity contribution is 0.282. The Morgan fingerprint density at radius 2 is 2.00 bits per heavy atom. The second-order valence-corrected chi connectivity index (χ2v) is 3.95. The Labute approximate surface area is 101 Å². The zero-order valence-corrected chi connectivity index (χ0v) is 9.97. The zero-order valence-electron chi connectivity index (χ0n) is 9.97. The SMILES string of the molecule is COc1ccc(-c2cc(C)cc(CO)c2)cn1. The number of rotatable bonds is 3. The van der Waals surface area contributed by atoms with Crippen molar-refractivity contribution in [2.75, 3.05) is 7.11 Å². The fourth-order valence-electron chi connectivity index (χ4n) is 1.79. The highest BCUT2D eigenvalue weighted by atomic mass is 16.5. The lowest BCUT2D eigenvalue weighted by Gasteiger charge is -2.06. The second-order valence-electron chi connectivity index (χ2n) is 3.95. The topological polar surface area (TPSA) is 42.4 Å². The van der Waals surface area contributed by atoms with Crippen LogP contribution in [0.2, 0.25) is 0 Å². The van der Waals surface area contributed by atoms with Gasteiger partial charge in [-0.25, -0.2) is 4.98 Å². The molecular formula is C14H15NO2. The number of ether oxygens (including phenoxy) is 1. The molecule has 0 saturated carbocycles. The molecule has 0 saturated heterocycles. The molecular weight excluding hydrogens is 214 g/mol. The minimum Gasteiger partial charge on any atom is -0.481 e. The number of hydrogen-bond donors (Lipinski definition) is 1. The molecule has 0 atom stereocenters. The van der Waals surface area contributed by atoms with Crippen molar-refractivity contribution in [2.45, 2.75) is 13.5 Å². The van der Waals surface area contributed by atoms with Crippen LogP contribution in [0.4, 0.5) is 0 Å². The van der Waals surface area contributed by atoms with E-state index in [4.69, 9.17) is 4.74 Å². The van der Waals surface area contributed by atoms with Gasteiger partial charge >= 0.3 is 0 Å². The Bertz CT molecular complexity index is 506. The summed E-state index contributed by atoms with van der Waals surface area (Å²) in [6.07, 6.45) is 1.77. The van der Waals surface area contributed by atoms with Gasteiger partial charge < -0.3 is 9.84 Å². The molecule has 1 heterocycles. The summed E-state index contributed by atoms with van der Waals surface area (Å²) >= 11 is 0. The molecule has 0 aliphatic rings. The van der Waals surface area contributed by atoms with Gasteiger partial charge in [0.15, 0.2) is 0 Å². The van der Waals surface area contributed by atoms with Crippen molar-refractivity contribution in [3.05, 3.63) is 47.7 Å². The number of hydrogen-bond acceptors (Lipinski definition) is 3. The standard InChI is InChI=1S/C14H15NO2/c1-10-5-11(9-16)7-13(6-10)12-3-4-14(17-2)15-8-12/h3-8,16H,9H2,1-2H3. The van der Waals surface area contributed by atoms with Gasteiger partial charge in [-0.2, -0.15) is 0 Å². The van der Waals surface area contributed by atoms with E-state index in [1.807, 2.05) is 31.2 Å². The summed E-state index contributed by atoms with van der Waals surface area (Å²) < 4.78 is 5.02. The molecule has 0 aliphatic heterocycles. The number of aryl methyl sites for hydroxylation is 1. The van der Waals surface area contributed by atoms with Gasteiger partial charge in [0, 0.05) is 17.8 Å². The number of nitrogens with zero attached hydrogens (tertiary/aromatic N) is 1. The van der Waals surface area contributed by atoms with Crippen molar-refractivity contribution in [3.63, 3.8) is 0 Å². The molecule has 0 aliphatic carbocycles. The lowest BCUT2D eigenvalue weighted by Crippen LogP contribution is -1.90. The van der Waals surface area contributed by atoms with Gasteiger partial charge in [0.2, 0.25) is 5.88 Å². The van der Waals surface area contributed by atoms with Gasteiger partial charge in [0.25, 0.3) is 0 Å². The summed E-state index contributed by atoms with van der Waals surface area (Å²) in [6, 6.07) is 9.80. The predicted octanol–water partition coefficient (Wildman–Crippen LogP) is 2.56. The van der Waals surface area contributed by atoms with Gasteiger partial charge in [-0.3, -0.25) is 0 Å². The van der Waals surface area contributed by atoms with E-state index in [9.17, 15) is 5.11 Å². The van der Waals surface area contributed by atoms with Crippen LogP contribution in [0.25, 0.3) is 11.1 Å². The molecule has 0 unspecified atom stereocenters. The van der Waals surface area contributed by atoms with Gasteiger partial charge in [0.1, 0.15) is 0 Å². The monoisotopic (exact) mass is 229 g/mol. The maximum absolute atomic E-state index is 9.18. The first-order chi connectivity index (χ1) is 8.22. The average molecular weight is 229 g/mol. The number of aliphatic hydroxyl groups is 1. The zero-order chi connectivity index (χ0) is 12.3. The summed E-state index contributed by atoms with van der Waals surface area (Å²) in [6.45, 7) is 2.07. The summed E-state index contributed by atoms with van der Waals surface area (Å²) in [7, 11) is 1.60. The number of aliphatic hydroxyl groups excluding tert-OH is 1. The van der Waals surface area contributed by atoms with Crippen LogP contribution in [-0.4, -0.2) is 17.2 Å². The van der Waals surface area contributed by atoms with Crippen LogP contribution in [0.3, 0.4) is 0 Å². The van der Waals surface area contributed by atoms with Crippen molar-refractivity contribution in [3.8, 4) is 17.0 Å². The average Bonchev–Trinajstić information content (AvgIpc) is 2.38. The van der Waals surface area contributed by atoms with E-state index in [1.165, 1.54) is 0 Å². The summed E-state index contributed by atoms with van der Waals surface area (Å²) in [5.41, 5.74) is 4.12. The Kier molecular flexibility index (Phi) is 3.40. The Balaban J connectivity index is 2.41. The van der Waals surface area contributed by atoms with Gasteiger partial charge in [-0.1, -0.05) is 17.7 Å². The van der Waals surface area contributed by atoms with Crippen molar-refractivity contribution >= 4 is 0 Å². The summed E-state index contributed by atoms with van der Waals surface area (Å²) in [5, 5.41) is 9.18. The molecule has 2 aromatic rings. The lowest BCUT2D eigenvalue weighted by atomic mass is 10.0. The number of pyridine rings is 1. The number of methoxy groups -OCH3 is 1. The van der Waals surface area contributed by atoms with E-state index in [2.05, 4.69) is 11.1 Å². The van der Waals surface area contributed by atoms with Crippen molar-refractivity contribution < 1.29 is 9.84 Å². The molecule has 17 heavy (non-hydrogen) atoms. The molecule has 0 radical (unpaired) electrons. The highest BCUT2D eigenvalue weighted by Crippen LogP contribution is 2.23. The van der Waals surface area contributed by atoms with E-state index >= 15 is 0 Å². The molecule has 1 N–H and O–H groups in total. The Morgan fingerprint density at radius 3 is 2.59 bits per heavy atom. The fraction of sp³-hybridized carbons (Fsp3) is 0.214. The molecule has 0 amide bonds. The normalized spacial score (nSPS) is 10.3. The van der Waals surface area contributed by atoms with E-state index in [0.29, 0.717) is 5.88 Å². The molecule has 3 nitrogen and oxygen atoms in total. The van der Waals surface area contributed by atoms with E-state index in [1.54, 1.807) is 13.3 Å². The first kappa shape index (κ1) is 11.6. The quantitative estimate of drug-likeness (QED) is 0.879. The third kappa shape index (κ3) is 2.63. The molecule has 1 aromatic heterocycles. The van der Waals surface area contributed by atoms with Crippen LogP contribution in [0, 0.1) is 6.92 Å². The maximum atomic E-state index is 9.18. The van der Waals surface area contributed by atoms with Gasteiger partial charge in [0.05, 0.1) is 13.7 Å². The van der Waals surface area contributed by atoms with Crippen LogP contribution in [0.1, 0.15) is 11.1 Å². The number of aromatic nitrogens is 1. The summed E-state index contributed by atoms with van der Waals surface area (Å²) in [4.78, 5) is 4.17. The Morgan fingerprint density at radius 1 is 1.18 bits per heavy atom. The largest absolute Gasteiger partial charge is 0.481 e. The molecule has 3 heteroatoms. The molecule has 88 valence electrons. The Hall–Kier alpha value is -1.87. The van der Waals surface area contributed by atoms with Crippen LogP contribution in [0.15, 0.2) is 36.5 Å². The minimum absolute atomic E-state index is 0.0538. The molecule has 0 spiro atoms. The maximum Gasteiger partial charge on any atom is 0.212 e. The van der Waals surface area contributed by atoms with E-state index in [0.717, 1.165) is 22.3 Å². The third-order valence-corrected chi connectivity index (χ3v) is 2.60. The smallest absolute Gasteiger partial charge is 0.212 e. The van der Waals surface area contributed by atoms with Gasteiger partial charge in [-0.05, 0) is 30.2 Å². The van der Waals surface area contributed by atoms with Crippen LogP contribution in [-0.2, 0) is 6.61 Å². The first-order valence-corrected chi connectivity index (χ1v) is 5.45. The molecule has 0 fully saturated rings. The van der Waals surface area contributed by atoms with E-state index in [-0.39, 0.29) is 6.61 Å². The van der Waals surface area contributed by atoms with Crippen LogP contribution in [0.5, 0.6) is 5.88 Å². The molecule has 0 bridgehead atoms. The third-order valence-electron chi connectivity index (χ3n) is 2.60. The van der Waals surface area contributed by atoms with Crippen molar-refractivity contribution in [2.24, 2.45) is 0 Å². The van der Waals surface area contributed by atoms with Gasteiger partial charge in [-0.15, -0.1) is 0 Å². The highest BCUT2D eigenvalue weighted by Gasteiger charge is 2.02. The number of benzene rings is 1. The van der Waals surface area contributed by atoms with Crippen LogP contribution >= 0.6 is 0 Å². The van der Waals surface area contributed by atoms with Crippen molar-refractivity contribution in [1.29, 1.82) is 0 Å². The predicted molar refractivity (Wildman–Crippen MR) is 66.9 cm³/mol. The highest BCUT2D eigenvalue weighted by molar-refractivity contribution is 5.64.